The summed E-state index contributed by atoms with van der Waals surface area (Å²) in [7, 11) is 1.67. The topological polar surface area (TPSA) is 80.2 Å². The molecule has 0 atom stereocenters. The van der Waals surface area contributed by atoms with Crippen LogP contribution in [0.1, 0.15) is 42.1 Å². The van der Waals surface area contributed by atoms with Gasteiger partial charge >= 0.3 is 0 Å². The van der Waals surface area contributed by atoms with E-state index in [1.807, 2.05) is 18.2 Å². The van der Waals surface area contributed by atoms with Crippen molar-refractivity contribution >= 4 is 43.4 Å². The maximum Gasteiger partial charge on any atom is 0.223 e. The van der Waals surface area contributed by atoms with Crippen molar-refractivity contribution in [2.45, 2.75) is 50.9 Å². The number of benzene rings is 1. The Kier molecular flexibility index (Phi) is 6.20. The second kappa shape index (κ2) is 8.82. The van der Waals surface area contributed by atoms with E-state index >= 15 is 0 Å². The van der Waals surface area contributed by atoms with E-state index in [0.29, 0.717) is 25.0 Å². The Morgan fingerprint density at radius 2 is 1.93 bits per heavy atom. The summed E-state index contributed by atoms with van der Waals surface area (Å²) in [6.45, 7) is 0.445. The third-order valence-electron chi connectivity index (χ3n) is 4.88. The molecule has 0 spiro atoms. The summed E-state index contributed by atoms with van der Waals surface area (Å²) >= 11 is 5.20. The van der Waals surface area contributed by atoms with Crippen molar-refractivity contribution in [1.82, 2.24) is 15.0 Å². The van der Waals surface area contributed by atoms with E-state index in [2.05, 4.69) is 32.3 Å². The molecule has 1 aromatic carbocycles. The van der Waals surface area contributed by atoms with E-state index in [4.69, 9.17) is 14.7 Å². The van der Waals surface area contributed by atoms with Crippen LogP contribution in [0.3, 0.4) is 0 Å². The van der Waals surface area contributed by atoms with E-state index in [-0.39, 0.29) is 6.10 Å². The molecule has 2 aromatic heterocycles. The lowest BCUT2D eigenvalue weighted by Crippen LogP contribution is -2.29. The summed E-state index contributed by atoms with van der Waals surface area (Å²) in [5, 5.41) is 14.2. The smallest absolute Gasteiger partial charge is 0.223 e. The van der Waals surface area contributed by atoms with Crippen molar-refractivity contribution in [1.29, 1.82) is 0 Å². The Morgan fingerprint density at radius 1 is 1.14 bits per heavy atom. The van der Waals surface area contributed by atoms with Crippen LogP contribution in [-0.2, 0) is 17.8 Å². The maximum absolute atomic E-state index is 9.71. The summed E-state index contributed by atoms with van der Waals surface area (Å²) in [5.41, 5.74) is 2.79. The molecule has 0 radical (unpaired) electrons. The normalized spacial score (nSPS) is 19.8. The quantitative estimate of drug-likeness (QED) is 0.568. The molecule has 0 aliphatic heterocycles. The molecule has 148 valence electrons. The van der Waals surface area contributed by atoms with Gasteiger partial charge in [-0.05, 0) is 49.9 Å². The molecule has 1 aliphatic carbocycles. The van der Waals surface area contributed by atoms with Crippen molar-refractivity contribution in [2.75, 3.05) is 12.4 Å². The largest absolute Gasteiger partial charge is 0.393 e. The second-order valence-electron chi connectivity index (χ2n) is 7.15. The maximum atomic E-state index is 9.71. The zero-order chi connectivity index (χ0) is 19.5. The van der Waals surface area contributed by atoms with Gasteiger partial charge in [-0.3, -0.25) is 0 Å². The second-order valence-corrected chi connectivity index (χ2v) is 9.18. The molecular weight excluding hydrogens is 440 g/mol. The van der Waals surface area contributed by atoms with Gasteiger partial charge < -0.3 is 15.2 Å². The third-order valence-corrected chi connectivity index (χ3v) is 6.39. The van der Waals surface area contributed by atoms with Crippen LogP contribution in [0.4, 0.5) is 5.95 Å². The first-order chi connectivity index (χ1) is 13.6. The van der Waals surface area contributed by atoms with Crippen LogP contribution in [0.2, 0.25) is 0 Å². The van der Waals surface area contributed by atoms with E-state index in [9.17, 15) is 5.11 Å². The highest BCUT2D eigenvalue weighted by atomic mass is 79.9. The number of nitrogens with one attached hydrogen (secondary N) is 1. The molecule has 1 fully saturated rings. The molecule has 0 unspecified atom stereocenters. The number of thiazole rings is 1. The molecule has 1 saturated carbocycles. The Hall–Kier alpha value is -1.61. The molecule has 2 heterocycles. The van der Waals surface area contributed by atoms with Crippen LogP contribution >= 0.6 is 27.3 Å². The van der Waals surface area contributed by atoms with Crippen molar-refractivity contribution in [3.05, 3.63) is 45.1 Å². The molecule has 3 aromatic rings. The molecule has 8 heteroatoms. The summed E-state index contributed by atoms with van der Waals surface area (Å²) in [5.74, 6) is 0.634. The molecule has 4 rings (SSSR count). The summed E-state index contributed by atoms with van der Waals surface area (Å²) in [4.78, 5) is 14.1. The Balaban J connectivity index is 1.55. The van der Waals surface area contributed by atoms with Gasteiger partial charge in [-0.25, -0.2) is 15.0 Å². The molecule has 0 amide bonds. The van der Waals surface area contributed by atoms with Gasteiger partial charge in [0.2, 0.25) is 5.95 Å². The number of anilines is 1. The van der Waals surface area contributed by atoms with Crippen molar-refractivity contribution in [2.24, 2.45) is 0 Å². The first-order valence-corrected chi connectivity index (χ1v) is 11.1. The molecule has 28 heavy (non-hydrogen) atoms. The number of nitrogens with zero attached hydrogens (tertiary/aromatic N) is 3. The lowest BCUT2D eigenvalue weighted by molar-refractivity contribution is 0.126. The fourth-order valence-electron chi connectivity index (χ4n) is 3.51. The van der Waals surface area contributed by atoms with E-state index in [1.54, 1.807) is 18.4 Å². The number of hydrogen-bond acceptors (Lipinski definition) is 7. The van der Waals surface area contributed by atoms with Gasteiger partial charge in [0.15, 0.2) is 0 Å². The first kappa shape index (κ1) is 19.7. The molecule has 0 saturated heterocycles. The lowest BCUT2D eigenvalue weighted by atomic mass is 9.93. The molecule has 0 bridgehead atoms. The summed E-state index contributed by atoms with van der Waals surface area (Å²) in [6, 6.07) is 8.42. The average Bonchev–Trinajstić information content (AvgIpc) is 3.05. The van der Waals surface area contributed by atoms with Crippen molar-refractivity contribution < 1.29 is 9.84 Å². The average molecular weight is 463 g/mol. The zero-order valence-electron chi connectivity index (χ0n) is 15.7. The van der Waals surface area contributed by atoms with Crippen LogP contribution in [0, 0.1) is 0 Å². The molecular formula is C20H23BrN4O2S. The predicted molar refractivity (Wildman–Crippen MR) is 115 cm³/mol. The summed E-state index contributed by atoms with van der Waals surface area (Å²) < 4.78 is 7.50. The van der Waals surface area contributed by atoms with Gasteiger partial charge in [0, 0.05) is 24.0 Å². The van der Waals surface area contributed by atoms with Crippen LogP contribution in [0.5, 0.6) is 0 Å². The number of rotatable bonds is 6. The first-order valence-electron chi connectivity index (χ1n) is 9.44. The number of methoxy groups -OCH3 is 1. The van der Waals surface area contributed by atoms with Crippen LogP contribution in [0.25, 0.3) is 10.2 Å². The van der Waals surface area contributed by atoms with E-state index < -0.39 is 0 Å². The highest BCUT2D eigenvalue weighted by molar-refractivity contribution is 9.10. The molecule has 1 aliphatic rings. The summed E-state index contributed by atoms with van der Waals surface area (Å²) in [6.07, 6.45) is 4.00. The zero-order valence-corrected chi connectivity index (χ0v) is 18.1. The van der Waals surface area contributed by atoms with Gasteiger partial charge in [-0.15, -0.1) is 11.3 Å². The lowest BCUT2D eigenvalue weighted by Gasteiger charge is -2.26. The fourth-order valence-corrected chi connectivity index (χ4v) is 5.04. The number of hydrogen-bond donors (Lipinski definition) is 2. The minimum atomic E-state index is -0.173. The predicted octanol–water partition coefficient (Wildman–Crippen LogP) is 4.30. The Bertz CT molecular complexity index is 957. The number of ether oxygens (including phenoxy) is 1. The third kappa shape index (κ3) is 4.86. The van der Waals surface area contributed by atoms with Gasteiger partial charge in [0.05, 0.1) is 39.3 Å². The standard InChI is InChI=1S/C20H23BrN4O2S/c1-27-11-15-9-14(10-19-25-17-7-2-12(21)8-18(17)28-19)23-20(24-15)22-13-3-5-16(26)6-4-13/h2,7-9,13,16,26H,3-6,10-11H2,1H3,(H,22,23,24). The van der Waals surface area contributed by atoms with Gasteiger partial charge in [-0.2, -0.15) is 0 Å². The van der Waals surface area contributed by atoms with Gasteiger partial charge in [0.25, 0.3) is 0 Å². The number of fused-ring (bicyclic) bond motifs is 1. The Labute approximate surface area is 176 Å². The van der Waals surface area contributed by atoms with Crippen molar-refractivity contribution in [3.8, 4) is 0 Å². The van der Waals surface area contributed by atoms with Crippen LogP contribution in [-0.4, -0.2) is 39.3 Å². The number of aliphatic hydroxyl groups excluding tert-OH is 1. The van der Waals surface area contributed by atoms with E-state index in [0.717, 1.165) is 56.8 Å². The van der Waals surface area contributed by atoms with Crippen molar-refractivity contribution in [3.63, 3.8) is 0 Å². The minimum absolute atomic E-state index is 0.173. The SMILES string of the molecule is COCc1cc(Cc2nc3ccc(Br)cc3s2)nc(NC2CCC(O)CC2)n1. The highest BCUT2D eigenvalue weighted by Crippen LogP contribution is 2.27. The van der Waals surface area contributed by atoms with Gasteiger partial charge in [0.1, 0.15) is 0 Å². The van der Waals surface area contributed by atoms with Gasteiger partial charge in [-0.1, -0.05) is 15.9 Å². The fraction of sp³-hybridized carbons (Fsp3) is 0.450. The minimum Gasteiger partial charge on any atom is -0.393 e. The monoisotopic (exact) mass is 462 g/mol. The van der Waals surface area contributed by atoms with Crippen LogP contribution in [0.15, 0.2) is 28.7 Å². The Morgan fingerprint density at radius 3 is 2.71 bits per heavy atom. The highest BCUT2D eigenvalue weighted by Gasteiger charge is 2.20. The number of halogens is 1. The number of aliphatic hydroxyl groups is 1. The van der Waals surface area contributed by atoms with Crippen LogP contribution < -0.4 is 5.32 Å². The van der Waals surface area contributed by atoms with E-state index in [1.165, 1.54) is 0 Å². The number of aromatic nitrogens is 3. The molecule has 6 nitrogen and oxygen atoms in total. The molecule has 2 N–H and O–H groups in total.